The first-order valence-electron chi connectivity index (χ1n) is 17.6. The third kappa shape index (κ3) is 7.81. The van der Waals surface area contributed by atoms with Crippen LogP contribution in [-0.2, 0) is 28.9 Å². The second-order valence-corrected chi connectivity index (χ2v) is 15.0. The molecule has 2 aliphatic heterocycles. The lowest BCUT2D eigenvalue weighted by Crippen LogP contribution is -2.62. The van der Waals surface area contributed by atoms with Crippen LogP contribution in [0.1, 0.15) is 87.0 Å². The minimum Gasteiger partial charge on any atom is -0.446 e. The summed E-state index contributed by atoms with van der Waals surface area (Å²) in [7, 11) is 0. The molecule has 264 valence electrons. The van der Waals surface area contributed by atoms with Gasteiger partial charge < -0.3 is 19.3 Å². The van der Waals surface area contributed by atoms with Gasteiger partial charge in [0.2, 0.25) is 5.91 Å². The number of hydrogen-bond donors (Lipinski definition) is 1. The minimum absolute atomic E-state index is 0. The molecule has 3 atom stereocenters. The van der Waals surface area contributed by atoms with Crippen LogP contribution in [-0.4, -0.2) is 96.8 Å². The Bertz CT molecular complexity index is 1630. The molecule has 2 aromatic heterocycles. The number of hydrogen-bond acceptors (Lipinski definition) is 7. The fourth-order valence-corrected chi connectivity index (χ4v) is 8.45. The van der Waals surface area contributed by atoms with Crippen molar-refractivity contribution in [2.45, 2.75) is 103 Å². The standard InChI is InChI=1S/C37H47ClN6O4.CH4/c1-25-20-41(24-40-25)21-26-5-4-16-43(22-26)35(45)32-23-42(17-18-44(32)36(46)48-30-11-13-37(2,47)14-12-30)34-31-10-9-29(38)19-28(31)8-7-27-6-3-15-39-33(27)34;/h3,6,9-10,15,19-20,24,26,30,32,34,47H,4-5,7-8,11-14,16-18,21-23H2,1-2H3;1H4/t26-,30?,32+,34-,37?;/m0./s1. The van der Waals surface area contributed by atoms with Gasteiger partial charge in [0.15, 0.2) is 0 Å². The molecular weight excluding hydrogens is 640 g/mol. The molecule has 7 rings (SSSR count). The summed E-state index contributed by atoms with van der Waals surface area (Å²) in [5, 5.41) is 11.2. The van der Waals surface area contributed by atoms with Crippen LogP contribution < -0.4 is 0 Å². The fraction of sp³-hybridized carbons (Fsp3) is 0.579. The Morgan fingerprint density at radius 1 is 1.04 bits per heavy atom. The van der Waals surface area contributed by atoms with Crippen molar-refractivity contribution in [2.75, 3.05) is 32.7 Å². The zero-order valence-corrected chi connectivity index (χ0v) is 28.8. The predicted molar refractivity (Wildman–Crippen MR) is 189 cm³/mol. The Morgan fingerprint density at radius 2 is 1.84 bits per heavy atom. The lowest BCUT2D eigenvalue weighted by molar-refractivity contribution is -0.141. The van der Waals surface area contributed by atoms with Crippen molar-refractivity contribution >= 4 is 23.6 Å². The number of piperazine rings is 1. The van der Waals surface area contributed by atoms with Crippen molar-refractivity contribution < 1.29 is 19.4 Å². The highest BCUT2D eigenvalue weighted by Gasteiger charge is 2.44. The summed E-state index contributed by atoms with van der Waals surface area (Å²) in [5.41, 5.74) is 4.80. The summed E-state index contributed by atoms with van der Waals surface area (Å²) in [6.45, 7) is 7.26. The van der Waals surface area contributed by atoms with Gasteiger partial charge in [-0.1, -0.05) is 31.2 Å². The van der Waals surface area contributed by atoms with E-state index in [9.17, 15) is 14.7 Å². The van der Waals surface area contributed by atoms with Crippen LogP contribution in [0.4, 0.5) is 4.79 Å². The van der Waals surface area contributed by atoms with E-state index in [1.165, 1.54) is 11.1 Å². The van der Waals surface area contributed by atoms with Crippen molar-refractivity contribution in [2.24, 2.45) is 5.92 Å². The number of amides is 2. The Kier molecular flexibility index (Phi) is 10.7. The zero-order chi connectivity index (χ0) is 33.4. The number of aromatic nitrogens is 3. The van der Waals surface area contributed by atoms with E-state index >= 15 is 0 Å². The Balaban J connectivity index is 0.00000417. The molecule has 0 spiro atoms. The average Bonchev–Trinajstić information content (AvgIpc) is 3.41. The van der Waals surface area contributed by atoms with Gasteiger partial charge in [-0.25, -0.2) is 9.78 Å². The van der Waals surface area contributed by atoms with E-state index in [2.05, 4.69) is 32.7 Å². The molecule has 2 amide bonds. The molecule has 11 heteroatoms. The highest BCUT2D eigenvalue weighted by atomic mass is 35.5. The molecule has 1 N–H and O–H groups in total. The Hall–Kier alpha value is -3.47. The van der Waals surface area contributed by atoms with Crippen LogP contribution >= 0.6 is 11.6 Å². The number of imidazole rings is 1. The minimum atomic E-state index is -0.725. The summed E-state index contributed by atoms with van der Waals surface area (Å²) < 4.78 is 8.18. The molecule has 2 saturated heterocycles. The molecule has 1 saturated carbocycles. The number of pyridine rings is 1. The molecule has 49 heavy (non-hydrogen) atoms. The number of piperidine rings is 1. The van der Waals surface area contributed by atoms with E-state index < -0.39 is 17.7 Å². The SMILES string of the molecule is C.Cc1cn(C[C@@H]2CCCN(C(=O)[C@H]3CN([C@H]4c5ccc(Cl)cc5CCc5cccnc54)CCN3C(=O)OC3CCC(C)(O)CC3)C2)cn1. The van der Waals surface area contributed by atoms with Gasteiger partial charge in [-0.2, -0.15) is 0 Å². The molecule has 4 aliphatic rings. The number of benzene rings is 1. The zero-order valence-electron chi connectivity index (χ0n) is 28.1. The summed E-state index contributed by atoms with van der Waals surface area (Å²) in [6, 6.07) is 9.38. The second-order valence-electron chi connectivity index (χ2n) is 14.6. The van der Waals surface area contributed by atoms with Crippen molar-refractivity contribution in [3.63, 3.8) is 0 Å². The molecule has 3 fully saturated rings. The number of ether oxygens (including phenoxy) is 1. The van der Waals surface area contributed by atoms with E-state index in [1.54, 1.807) is 4.90 Å². The molecular formula is C38H51ClN6O4. The molecule has 3 aromatic rings. The Morgan fingerprint density at radius 3 is 2.61 bits per heavy atom. The van der Waals surface area contributed by atoms with Crippen LogP contribution in [0.5, 0.6) is 0 Å². The van der Waals surface area contributed by atoms with Gasteiger partial charge in [0.25, 0.3) is 0 Å². The number of aliphatic hydroxyl groups is 1. The highest BCUT2D eigenvalue weighted by molar-refractivity contribution is 6.30. The molecule has 10 nitrogen and oxygen atoms in total. The maximum atomic E-state index is 14.6. The smallest absolute Gasteiger partial charge is 0.410 e. The second kappa shape index (κ2) is 14.8. The van der Waals surface area contributed by atoms with Crippen molar-refractivity contribution in [1.29, 1.82) is 0 Å². The molecule has 1 aromatic carbocycles. The van der Waals surface area contributed by atoms with Gasteiger partial charge in [-0.3, -0.25) is 19.6 Å². The lowest BCUT2D eigenvalue weighted by atomic mass is 9.85. The van der Waals surface area contributed by atoms with Gasteiger partial charge in [0.1, 0.15) is 12.1 Å². The number of carbonyl (C=O) groups is 2. The van der Waals surface area contributed by atoms with Gasteiger partial charge in [-0.05, 0) is 106 Å². The molecule has 0 radical (unpaired) electrons. The maximum absolute atomic E-state index is 14.6. The van der Waals surface area contributed by atoms with Crippen molar-refractivity contribution in [3.05, 3.63) is 82.2 Å². The number of likely N-dealkylation sites (tertiary alicyclic amines) is 1. The fourth-order valence-electron chi connectivity index (χ4n) is 8.26. The van der Waals surface area contributed by atoms with Crippen LogP contribution in [0.3, 0.4) is 0 Å². The van der Waals surface area contributed by atoms with E-state index in [0.29, 0.717) is 69.3 Å². The van der Waals surface area contributed by atoms with Gasteiger partial charge >= 0.3 is 6.09 Å². The predicted octanol–water partition coefficient (Wildman–Crippen LogP) is 5.82. The molecule has 4 heterocycles. The topological polar surface area (TPSA) is 104 Å². The first-order chi connectivity index (χ1) is 23.1. The van der Waals surface area contributed by atoms with Crippen molar-refractivity contribution in [3.8, 4) is 0 Å². The Labute approximate surface area is 295 Å². The highest BCUT2D eigenvalue weighted by Crippen LogP contribution is 2.38. The number of nitrogens with zero attached hydrogens (tertiary/aromatic N) is 6. The van der Waals surface area contributed by atoms with Crippen LogP contribution in [0.25, 0.3) is 0 Å². The largest absolute Gasteiger partial charge is 0.446 e. The number of carbonyl (C=O) groups excluding carboxylic acids is 2. The summed E-state index contributed by atoms with van der Waals surface area (Å²) >= 11 is 6.48. The summed E-state index contributed by atoms with van der Waals surface area (Å²) in [5.74, 6) is 0.280. The first-order valence-corrected chi connectivity index (χ1v) is 17.9. The van der Waals surface area contributed by atoms with Crippen LogP contribution in [0.2, 0.25) is 5.02 Å². The molecule has 0 unspecified atom stereocenters. The summed E-state index contributed by atoms with van der Waals surface area (Å²) in [4.78, 5) is 43.8. The van der Waals surface area contributed by atoms with E-state index in [1.807, 2.05) is 49.6 Å². The third-order valence-corrected chi connectivity index (χ3v) is 11.1. The molecule has 0 bridgehead atoms. The van der Waals surface area contributed by atoms with E-state index in [0.717, 1.165) is 49.2 Å². The van der Waals surface area contributed by atoms with Crippen LogP contribution in [0.15, 0.2) is 49.1 Å². The maximum Gasteiger partial charge on any atom is 0.410 e. The molecule has 2 aliphatic carbocycles. The normalized spacial score (nSPS) is 27.3. The number of fused-ring (bicyclic) bond motifs is 2. The average molecular weight is 691 g/mol. The first kappa shape index (κ1) is 35.4. The van der Waals surface area contributed by atoms with Crippen molar-refractivity contribution in [1.82, 2.24) is 29.2 Å². The number of halogens is 1. The number of rotatable bonds is 5. The van der Waals surface area contributed by atoms with E-state index in [-0.39, 0.29) is 25.5 Å². The van der Waals surface area contributed by atoms with Gasteiger partial charge in [0.05, 0.1) is 29.4 Å². The van der Waals surface area contributed by atoms with E-state index in [4.69, 9.17) is 21.3 Å². The lowest BCUT2D eigenvalue weighted by Gasteiger charge is -2.46. The quantitative estimate of drug-likeness (QED) is 0.360. The summed E-state index contributed by atoms with van der Waals surface area (Å²) in [6.07, 6.45) is 11.1. The van der Waals surface area contributed by atoms with Gasteiger partial charge in [0, 0.05) is 56.7 Å². The van der Waals surface area contributed by atoms with Gasteiger partial charge in [-0.15, -0.1) is 0 Å². The van der Waals surface area contributed by atoms with Crippen LogP contribution in [0, 0.1) is 12.8 Å². The third-order valence-electron chi connectivity index (χ3n) is 10.9. The number of aryl methyl sites for hydroxylation is 3. The monoisotopic (exact) mass is 690 g/mol.